The molecule has 3 saturated heterocycles. The number of benzene rings is 1. The van der Waals surface area contributed by atoms with E-state index in [1.807, 2.05) is 0 Å². The summed E-state index contributed by atoms with van der Waals surface area (Å²) in [6.45, 7) is 8.77. The Kier molecular flexibility index (Phi) is 13.0. The van der Waals surface area contributed by atoms with Gasteiger partial charge in [-0.05, 0) is 64.9 Å². The van der Waals surface area contributed by atoms with E-state index in [0.717, 1.165) is 64.5 Å². The van der Waals surface area contributed by atoms with Gasteiger partial charge in [0.25, 0.3) is 12.9 Å². The number of piperidine rings is 3. The molecule has 0 amide bonds. The van der Waals surface area contributed by atoms with E-state index < -0.39 is 0 Å². The molecule has 9 heteroatoms. The summed E-state index contributed by atoms with van der Waals surface area (Å²) in [6.07, 6.45) is 7.08. The van der Waals surface area contributed by atoms with Crippen LogP contribution in [0.2, 0.25) is 0 Å². The second-order valence-electron chi connectivity index (χ2n) is 9.79. The Morgan fingerprint density at radius 3 is 2.34 bits per heavy atom. The van der Waals surface area contributed by atoms with Crippen molar-refractivity contribution in [1.29, 1.82) is 0 Å². The SMILES string of the molecule is CN1CC[C@H](O)[C@@]2(CCCN(Cc3ccccc3OCCN3CCCCC3)C2)C1.O=CO.O=CO. The topological polar surface area (TPSA) is 114 Å². The van der Waals surface area contributed by atoms with Crippen molar-refractivity contribution in [1.82, 2.24) is 14.7 Å². The van der Waals surface area contributed by atoms with Crippen molar-refractivity contribution in [2.45, 2.75) is 51.2 Å². The molecule has 1 aromatic carbocycles. The number of aliphatic hydroxyl groups is 1. The number of carbonyl (C=O) groups is 2. The quantitative estimate of drug-likeness (QED) is 0.513. The van der Waals surface area contributed by atoms with Crippen LogP contribution in [0.25, 0.3) is 0 Å². The van der Waals surface area contributed by atoms with E-state index in [1.54, 1.807) is 0 Å². The Hall–Kier alpha value is -2.20. The first kappa shape index (κ1) is 29.0. The summed E-state index contributed by atoms with van der Waals surface area (Å²) in [5, 5.41) is 24.6. The van der Waals surface area contributed by atoms with Crippen LogP contribution in [-0.2, 0) is 16.1 Å². The number of hydrogen-bond acceptors (Lipinski definition) is 7. The van der Waals surface area contributed by atoms with Gasteiger partial charge < -0.3 is 25.0 Å². The number of para-hydroxylation sites is 1. The zero-order chi connectivity index (χ0) is 25.5. The van der Waals surface area contributed by atoms with E-state index >= 15 is 0 Å². The largest absolute Gasteiger partial charge is 0.492 e. The van der Waals surface area contributed by atoms with E-state index in [0.29, 0.717) is 0 Å². The molecule has 3 fully saturated rings. The number of hydrogen-bond donors (Lipinski definition) is 3. The lowest BCUT2D eigenvalue weighted by atomic mass is 9.71. The van der Waals surface area contributed by atoms with E-state index in [-0.39, 0.29) is 24.5 Å². The van der Waals surface area contributed by atoms with Gasteiger partial charge in [0.1, 0.15) is 12.4 Å². The minimum atomic E-state index is -0.250. The van der Waals surface area contributed by atoms with E-state index in [4.69, 9.17) is 24.5 Å². The molecule has 0 aromatic heterocycles. The van der Waals surface area contributed by atoms with Gasteiger partial charge in [-0.25, -0.2) is 0 Å². The molecule has 3 aliphatic heterocycles. The van der Waals surface area contributed by atoms with E-state index in [2.05, 4.69) is 46.0 Å². The molecule has 0 bridgehead atoms. The van der Waals surface area contributed by atoms with Crippen LogP contribution in [-0.4, -0.2) is 109 Å². The van der Waals surface area contributed by atoms with Gasteiger partial charge in [-0.15, -0.1) is 0 Å². The highest BCUT2D eigenvalue weighted by Crippen LogP contribution is 2.39. The van der Waals surface area contributed by atoms with Crippen molar-refractivity contribution in [3.05, 3.63) is 29.8 Å². The first-order chi connectivity index (χ1) is 17.0. The van der Waals surface area contributed by atoms with E-state index in [1.165, 1.54) is 44.3 Å². The predicted molar refractivity (Wildman–Crippen MR) is 135 cm³/mol. The molecule has 0 unspecified atom stereocenters. The molecule has 2 atom stereocenters. The fourth-order valence-electron chi connectivity index (χ4n) is 5.65. The van der Waals surface area contributed by atoms with Crippen LogP contribution in [0, 0.1) is 5.41 Å². The average Bonchev–Trinajstić information content (AvgIpc) is 2.85. The average molecular weight is 494 g/mol. The Labute approximate surface area is 209 Å². The summed E-state index contributed by atoms with van der Waals surface area (Å²) in [5.74, 6) is 1.03. The van der Waals surface area contributed by atoms with Gasteiger partial charge >= 0.3 is 0 Å². The Balaban J connectivity index is 0.000000655. The molecule has 4 rings (SSSR count). The lowest BCUT2D eigenvalue weighted by molar-refractivity contribution is -0.123. The minimum absolute atomic E-state index is 0.0370. The highest BCUT2D eigenvalue weighted by molar-refractivity contribution is 5.33. The van der Waals surface area contributed by atoms with E-state index in [9.17, 15) is 5.11 Å². The second kappa shape index (κ2) is 15.7. The summed E-state index contributed by atoms with van der Waals surface area (Å²) in [6, 6.07) is 8.53. The number of likely N-dealkylation sites (tertiary alicyclic amines) is 3. The molecule has 0 aliphatic carbocycles. The van der Waals surface area contributed by atoms with Gasteiger partial charge in [0, 0.05) is 43.7 Å². The normalized spacial score (nSPS) is 25.5. The maximum absolute atomic E-state index is 10.8. The third-order valence-electron chi connectivity index (χ3n) is 7.24. The first-order valence-corrected chi connectivity index (χ1v) is 12.7. The molecule has 35 heavy (non-hydrogen) atoms. The lowest BCUT2D eigenvalue weighted by Gasteiger charge is -2.50. The monoisotopic (exact) mass is 493 g/mol. The summed E-state index contributed by atoms with van der Waals surface area (Å²) >= 11 is 0. The predicted octanol–water partition coefficient (Wildman–Crippen LogP) is 2.23. The van der Waals surface area contributed by atoms with Crippen LogP contribution in [0.1, 0.15) is 44.1 Å². The van der Waals surface area contributed by atoms with Gasteiger partial charge in [0.15, 0.2) is 0 Å². The van der Waals surface area contributed by atoms with Gasteiger partial charge in [-0.2, -0.15) is 0 Å². The fourth-order valence-corrected chi connectivity index (χ4v) is 5.65. The van der Waals surface area contributed by atoms with Crippen LogP contribution in [0.4, 0.5) is 0 Å². The molecule has 0 radical (unpaired) electrons. The molecular formula is C26H43N3O6. The van der Waals surface area contributed by atoms with Crippen LogP contribution in [0.3, 0.4) is 0 Å². The summed E-state index contributed by atoms with van der Waals surface area (Å²) in [5.41, 5.74) is 1.32. The Bertz CT molecular complexity index is 740. The van der Waals surface area contributed by atoms with Gasteiger partial charge in [-0.3, -0.25) is 19.4 Å². The highest BCUT2D eigenvalue weighted by atomic mass is 16.5. The molecule has 3 aliphatic rings. The molecular weight excluding hydrogens is 450 g/mol. The molecule has 198 valence electrons. The number of carboxylic acid groups (broad SMARTS) is 2. The van der Waals surface area contributed by atoms with Crippen LogP contribution in [0.15, 0.2) is 24.3 Å². The standard InChI is InChI=1S/C24H39N3O2.2CH2O2/c1-25-15-10-23(28)24(19-25)11-7-14-27(20-24)18-21-8-3-4-9-22(21)29-17-16-26-12-5-2-6-13-26;2*2-1-3/h3-4,8-9,23,28H,2,5-7,10-20H2,1H3;2*1H,(H,2,3)/t23-,24-;;/m0../s1. The molecule has 9 nitrogen and oxygen atoms in total. The van der Waals surface area contributed by atoms with Crippen molar-refractivity contribution < 1.29 is 29.6 Å². The lowest BCUT2D eigenvalue weighted by Crippen LogP contribution is -2.58. The van der Waals surface area contributed by atoms with Crippen LogP contribution in [0.5, 0.6) is 5.75 Å². The molecule has 1 aromatic rings. The maximum atomic E-state index is 10.8. The zero-order valence-corrected chi connectivity index (χ0v) is 21.1. The maximum Gasteiger partial charge on any atom is 0.290 e. The third-order valence-corrected chi connectivity index (χ3v) is 7.24. The number of rotatable bonds is 6. The van der Waals surface area contributed by atoms with Crippen LogP contribution >= 0.6 is 0 Å². The van der Waals surface area contributed by atoms with Crippen molar-refractivity contribution in [3.8, 4) is 5.75 Å². The van der Waals surface area contributed by atoms with Gasteiger partial charge in [-0.1, -0.05) is 24.6 Å². The van der Waals surface area contributed by atoms with Gasteiger partial charge in [0.2, 0.25) is 0 Å². The summed E-state index contributed by atoms with van der Waals surface area (Å²) in [7, 11) is 2.19. The third kappa shape index (κ3) is 9.40. The van der Waals surface area contributed by atoms with Crippen molar-refractivity contribution >= 4 is 12.9 Å². The molecule has 0 saturated carbocycles. The molecule has 3 N–H and O–H groups in total. The van der Waals surface area contributed by atoms with Crippen molar-refractivity contribution in [2.24, 2.45) is 5.41 Å². The highest BCUT2D eigenvalue weighted by Gasteiger charge is 2.44. The molecule has 3 heterocycles. The Morgan fingerprint density at radius 2 is 1.63 bits per heavy atom. The van der Waals surface area contributed by atoms with Crippen molar-refractivity contribution in [2.75, 3.05) is 59.5 Å². The smallest absolute Gasteiger partial charge is 0.290 e. The van der Waals surface area contributed by atoms with Gasteiger partial charge in [0.05, 0.1) is 6.10 Å². The Morgan fingerprint density at radius 1 is 0.971 bits per heavy atom. The van der Waals surface area contributed by atoms with Crippen LogP contribution < -0.4 is 4.74 Å². The second-order valence-corrected chi connectivity index (χ2v) is 9.79. The number of aliphatic hydroxyl groups excluding tert-OH is 1. The minimum Gasteiger partial charge on any atom is -0.492 e. The summed E-state index contributed by atoms with van der Waals surface area (Å²) in [4.78, 5) is 24.2. The molecule has 1 spiro atoms. The first-order valence-electron chi connectivity index (χ1n) is 12.7. The fraction of sp³-hybridized carbons (Fsp3) is 0.692. The number of ether oxygens (including phenoxy) is 1. The van der Waals surface area contributed by atoms with Crippen molar-refractivity contribution in [3.63, 3.8) is 0 Å². The summed E-state index contributed by atoms with van der Waals surface area (Å²) < 4.78 is 6.23. The zero-order valence-electron chi connectivity index (χ0n) is 21.1. The number of nitrogens with zero attached hydrogens (tertiary/aromatic N) is 3.